The predicted octanol–water partition coefficient (Wildman–Crippen LogP) is 1.95. The van der Waals surface area contributed by atoms with E-state index in [4.69, 9.17) is 0 Å². The van der Waals surface area contributed by atoms with Crippen LogP contribution < -0.4 is 10.6 Å². The SMILES string of the molecule is CC(C)(C)CNC(=O)NC(C=O)C(C)(C)C. The number of rotatable bonds is 3. The van der Waals surface area contributed by atoms with Gasteiger partial charge in [0.2, 0.25) is 0 Å². The van der Waals surface area contributed by atoms with Crippen molar-refractivity contribution in [3.63, 3.8) is 0 Å². The van der Waals surface area contributed by atoms with Gasteiger partial charge in [0.15, 0.2) is 0 Å². The van der Waals surface area contributed by atoms with Gasteiger partial charge in [-0.25, -0.2) is 4.79 Å². The van der Waals surface area contributed by atoms with Crippen LogP contribution >= 0.6 is 0 Å². The lowest BCUT2D eigenvalue weighted by atomic mass is 9.88. The van der Waals surface area contributed by atoms with Crippen molar-refractivity contribution >= 4 is 12.3 Å². The lowest BCUT2D eigenvalue weighted by molar-refractivity contribution is -0.111. The molecule has 0 heterocycles. The predicted molar refractivity (Wildman–Crippen MR) is 65.3 cm³/mol. The Labute approximate surface area is 98.2 Å². The molecule has 0 radical (unpaired) electrons. The first-order valence-corrected chi connectivity index (χ1v) is 5.56. The molecule has 2 N–H and O–H groups in total. The van der Waals surface area contributed by atoms with Crippen molar-refractivity contribution in [1.82, 2.24) is 10.6 Å². The van der Waals surface area contributed by atoms with E-state index < -0.39 is 6.04 Å². The second-order valence-electron chi connectivity index (χ2n) is 6.37. The van der Waals surface area contributed by atoms with E-state index in [1.807, 2.05) is 41.5 Å². The zero-order chi connectivity index (χ0) is 13.0. The van der Waals surface area contributed by atoms with Crippen LogP contribution in [0.15, 0.2) is 0 Å². The van der Waals surface area contributed by atoms with E-state index in [0.29, 0.717) is 6.54 Å². The lowest BCUT2D eigenvalue weighted by Crippen LogP contribution is -2.50. The van der Waals surface area contributed by atoms with Gasteiger partial charge in [-0.1, -0.05) is 41.5 Å². The Bertz CT molecular complexity index is 249. The van der Waals surface area contributed by atoms with Crippen molar-refractivity contribution < 1.29 is 9.59 Å². The quantitative estimate of drug-likeness (QED) is 0.725. The molecule has 0 aliphatic carbocycles. The third-order valence-corrected chi connectivity index (χ3v) is 2.13. The normalized spacial score (nSPS) is 14.1. The molecule has 0 rings (SSSR count). The van der Waals surface area contributed by atoms with Gasteiger partial charge < -0.3 is 15.4 Å². The number of aldehydes is 1. The zero-order valence-corrected chi connectivity index (χ0v) is 11.2. The van der Waals surface area contributed by atoms with Crippen LogP contribution in [-0.2, 0) is 4.79 Å². The molecule has 1 unspecified atom stereocenters. The molecule has 94 valence electrons. The number of carbonyl (C=O) groups is 2. The standard InChI is InChI=1S/C12H24N2O2/c1-11(2,3)8-13-10(16)14-9(7-15)12(4,5)6/h7,9H,8H2,1-6H3,(H2,13,14,16). The summed E-state index contributed by atoms with van der Waals surface area (Å²) < 4.78 is 0. The smallest absolute Gasteiger partial charge is 0.315 e. The van der Waals surface area contributed by atoms with Gasteiger partial charge in [0.05, 0.1) is 6.04 Å². The molecule has 1 atom stereocenters. The van der Waals surface area contributed by atoms with E-state index in [1.165, 1.54) is 0 Å². The fourth-order valence-electron chi connectivity index (χ4n) is 0.992. The Kier molecular flexibility index (Phi) is 4.97. The van der Waals surface area contributed by atoms with Gasteiger partial charge in [-0.05, 0) is 10.8 Å². The summed E-state index contributed by atoms with van der Waals surface area (Å²) in [5.41, 5.74) is -0.226. The fraction of sp³-hybridized carbons (Fsp3) is 0.833. The van der Waals surface area contributed by atoms with Crippen molar-refractivity contribution in [1.29, 1.82) is 0 Å². The highest BCUT2D eigenvalue weighted by molar-refractivity contribution is 5.78. The number of nitrogens with one attached hydrogen (secondary N) is 2. The van der Waals surface area contributed by atoms with Crippen LogP contribution in [0, 0.1) is 10.8 Å². The van der Waals surface area contributed by atoms with Gasteiger partial charge in [0.1, 0.15) is 6.29 Å². The highest BCUT2D eigenvalue weighted by Crippen LogP contribution is 2.17. The minimum Gasteiger partial charge on any atom is -0.338 e. The maximum atomic E-state index is 11.5. The number of hydrogen-bond acceptors (Lipinski definition) is 2. The second kappa shape index (κ2) is 5.32. The zero-order valence-electron chi connectivity index (χ0n) is 11.2. The molecular weight excluding hydrogens is 204 g/mol. The largest absolute Gasteiger partial charge is 0.338 e. The Hall–Kier alpha value is -1.06. The Morgan fingerprint density at radius 2 is 1.69 bits per heavy atom. The van der Waals surface area contributed by atoms with Gasteiger partial charge in [-0.15, -0.1) is 0 Å². The molecule has 0 aromatic heterocycles. The molecule has 0 aliphatic rings. The molecule has 0 saturated carbocycles. The molecule has 4 heteroatoms. The van der Waals surface area contributed by atoms with E-state index in [9.17, 15) is 9.59 Å². The molecule has 16 heavy (non-hydrogen) atoms. The molecule has 0 spiro atoms. The second-order valence-corrected chi connectivity index (χ2v) is 6.37. The van der Waals surface area contributed by atoms with Crippen LogP contribution in [0.5, 0.6) is 0 Å². The monoisotopic (exact) mass is 228 g/mol. The summed E-state index contributed by atoms with van der Waals surface area (Å²) in [6.07, 6.45) is 0.774. The summed E-state index contributed by atoms with van der Waals surface area (Å²) >= 11 is 0. The average molecular weight is 228 g/mol. The molecule has 0 aromatic carbocycles. The molecule has 0 saturated heterocycles. The van der Waals surface area contributed by atoms with E-state index in [2.05, 4.69) is 10.6 Å². The highest BCUT2D eigenvalue weighted by Gasteiger charge is 2.25. The number of hydrogen-bond donors (Lipinski definition) is 2. The summed E-state index contributed by atoms with van der Waals surface area (Å²) in [6, 6.07) is -0.755. The van der Waals surface area contributed by atoms with Gasteiger partial charge in [0, 0.05) is 6.54 Å². The van der Waals surface area contributed by atoms with Crippen molar-refractivity contribution in [3.8, 4) is 0 Å². The van der Waals surface area contributed by atoms with Crippen molar-refractivity contribution in [3.05, 3.63) is 0 Å². The maximum Gasteiger partial charge on any atom is 0.315 e. The van der Waals surface area contributed by atoms with Crippen LogP contribution in [0.2, 0.25) is 0 Å². The van der Waals surface area contributed by atoms with Crippen LogP contribution in [0.4, 0.5) is 4.79 Å². The topological polar surface area (TPSA) is 58.2 Å². The highest BCUT2D eigenvalue weighted by atomic mass is 16.2. The third kappa shape index (κ3) is 6.43. The number of carbonyl (C=O) groups excluding carboxylic acids is 2. The molecule has 4 nitrogen and oxygen atoms in total. The Morgan fingerprint density at radius 1 is 1.19 bits per heavy atom. The summed E-state index contributed by atoms with van der Waals surface area (Å²) in [5, 5.41) is 5.41. The first kappa shape index (κ1) is 14.9. The Morgan fingerprint density at radius 3 is 2.00 bits per heavy atom. The summed E-state index contributed by atoms with van der Waals surface area (Å²) in [4.78, 5) is 22.4. The van der Waals surface area contributed by atoms with Gasteiger partial charge in [-0.2, -0.15) is 0 Å². The summed E-state index contributed by atoms with van der Waals surface area (Å²) in [7, 11) is 0. The molecule has 0 aromatic rings. The van der Waals surface area contributed by atoms with Gasteiger partial charge >= 0.3 is 6.03 Å². The Balaban J connectivity index is 4.18. The molecule has 0 aliphatic heterocycles. The minimum atomic E-state index is -0.465. The fourth-order valence-corrected chi connectivity index (χ4v) is 0.992. The molecule has 2 amide bonds. The number of urea groups is 1. The molecule has 0 bridgehead atoms. The van der Waals surface area contributed by atoms with Crippen molar-refractivity contribution in [2.45, 2.75) is 47.6 Å². The van der Waals surface area contributed by atoms with Gasteiger partial charge in [-0.3, -0.25) is 0 Å². The molecule has 0 fully saturated rings. The average Bonchev–Trinajstić information content (AvgIpc) is 2.07. The van der Waals surface area contributed by atoms with E-state index in [0.717, 1.165) is 6.29 Å². The van der Waals surface area contributed by atoms with Crippen LogP contribution in [0.3, 0.4) is 0 Å². The first-order valence-electron chi connectivity index (χ1n) is 5.56. The van der Waals surface area contributed by atoms with E-state index in [-0.39, 0.29) is 16.9 Å². The van der Waals surface area contributed by atoms with Crippen LogP contribution in [0.1, 0.15) is 41.5 Å². The molecular formula is C12H24N2O2. The number of amides is 2. The van der Waals surface area contributed by atoms with Crippen LogP contribution in [0.25, 0.3) is 0 Å². The van der Waals surface area contributed by atoms with Crippen LogP contribution in [-0.4, -0.2) is 24.9 Å². The lowest BCUT2D eigenvalue weighted by Gasteiger charge is -2.27. The third-order valence-electron chi connectivity index (χ3n) is 2.13. The van der Waals surface area contributed by atoms with Crippen molar-refractivity contribution in [2.24, 2.45) is 10.8 Å². The van der Waals surface area contributed by atoms with Crippen molar-refractivity contribution in [2.75, 3.05) is 6.54 Å². The van der Waals surface area contributed by atoms with Gasteiger partial charge in [0.25, 0.3) is 0 Å². The summed E-state index contributed by atoms with van der Waals surface area (Å²) in [5.74, 6) is 0. The summed E-state index contributed by atoms with van der Waals surface area (Å²) in [6.45, 7) is 12.4. The van der Waals surface area contributed by atoms with E-state index in [1.54, 1.807) is 0 Å². The maximum absolute atomic E-state index is 11.5. The first-order chi connectivity index (χ1) is 7.06. The minimum absolute atomic E-state index is 0.0374. The van der Waals surface area contributed by atoms with E-state index >= 15 is 0 Å².